The Bertz CT molecular complexity index is 841. The maximum Gasteiger partial charge on any atom is 0.508 e. The van der Waals surface area contributed by atoms with Crippen molar-refractivity contribution in [3.8, 4) is 0 Å². The topological polar surface area (TPSA) is 137 Å². The number of nitrogens with zero attached hydrogens (tertiary/aromatic N) is 1. The highest BCUT2D eigenvalue weighted by Gasteiger charge is 2.49. The van der Waals surface area contributed by atoms with Crippen LogP contribution in [-0.2, 0) is 23.4 Å². The fraction of sp³-hybridized carbons (Fsp3) is 0.706. The summed E-state index contributed by atoms with van der Waals surface area (Å²) in [6.45, 7) is 3.17. The summed E-state index contributed by atoms with van der Waals surface area (Å²) in [5.74, 6) is -0.722. The van der Waals surface area contributed by atoms with Gasteiger partial charge in [0.1, 0.15) is 6.10 Å². The maximum atomic E-state index is 15.1. The fourth-order valence-corrected chi connectivity index (χ4v) is 3.82. The molecule has 1 saturated heterocycles. The Balaban J connectivity index is 2.23. The Morgan fingerprint density at radius 2 is 2.17 bits per heavy atom. The second-order valence-electron chi connectivity index (χ2n) is 6.53. The Kier molecular flexibility index (Phi) is 8.63. The van der Waals surface area contributed by atoms with Crippen molar-refractivity contribution in [2.45, 2.75) is 57.7 Å². The lowest BCUT2D eigenvalue weighted by atomic mass is 10.1. The van der Waals surface area contributed by atoms with Crippen molar-refractivity contribution in [3.63, 3.8) is 0 Å². The molecule has 1 aromatic heterocycles. The second-order valence-corrected chi connectivity index (χ2v) is 7.90. The Morgan fingerprint density at radius 1 is 1.45 bits per heavy atom. The zero-order valence-corrected chi connectivity index (χ0v) is 17.1. The van der Waals surface area contributed by atoms with E-state index >= 15 is 4.39 Å². The zero-order chi connectivity index (χ0) is 21.6. The van der Waals surface area contributed by atoms with Crippen LogP contribution in [0.25, 0.3) is 0 Å². The highest BCUT2D eigenvalue weighted by atomic mass is 31.1. The molecule has 2 unspecified atom stereocenters. The van der Waals surface area contributed by atoms with Gasteiger partial charge in [0.05, 0.1) is 6.61 Å². The molecule has 2 rings (SSSR count). The summed E-state index contributed by atoms with van der Waals surface area (Å²) in [6, 6.07) is 0. The molecular weight excluding hydrogens is 410 g/mol. The van der Waals surface area contributed by atoms with Gasteiger partial charge in [0.2, 0.25) is 0 Å². The molecule has 12 heteroatoms. The van der Waals surface area contributed by atoms with Gasteiger partial charge in [-0.2, -0.15) is 0 Å². The number of aromatic nitrogens is 2. The van der Waals surface area contributed by atoms with E-state index in [4.69, 9.17) is 19.1 Å². The normalized spacial score (nSPS) is 24.5. The van der Waals surface area contributed by atoms with Crippen LogP contribution in [0.3, 0.4) is 0 Å². The number of hydrogen-bond acceptors (Lipinski definition) is 8. The van der Waals surface area contributed by atoms with Gasteiger partial charge in [-0.3, -0.25) is 19.1 Å². The molecule has 0 amide bonds. The van der Waals surface area contributed by atoms with Crippen molar-refractivity contribution in [1.29, 1.82) is 0 Å². The second kappa shape index (κ2) is 10.7. The van der Waals surface area contributed by atoms with Crippen LogP contribution in [0, 0.1) is 6.92 Å². The predicted molar refractivity (Wildman–Crippen MR) is 99.8 cm³/mol. The first-order valence-corrected chi connectivity index (χ1v) is 10.6. The van der Waals surface area contributed by atoms with Gasteiger partial charge in [0.15, 0.2) is 24.7 Å². The lowest BCUT2D eigenvalue weighted by Crippen LogP contribution is -2.38. The Labute approximate surface area is 166 Å². The van der Waals surface area contributed by atoms with E-state index < -0.39 is 49.9 Å². The molecule has 0 saturated carbocycles. The van der Waals surface area contributed by atoms with Crippen LogP contribution in [0.15, 0.2) is 15.8 Å². The first-order valence-electron chi connectivity index (χ1n) is 9.28. The number of carbonyl (C=O) groups excluding carboxylic acids is 1. The summed E-state index contributed by atoms with van der Waals surface area (Å²) in [5.41, 5.74) is -1.28. The molecule has 1 aliphatic heterocycles. The molecule has 1 aliphatic rings. The number of carbonyl (C=O) groups is 1. The highest BCUT2D eigenvalue weighted by Crippen LogP contribution is 2.37. The molecule has 0 spiro atoms. The molecular formula is C17H25FN2O8P+. The number of aryl methyl sites for hydroxylation is 1. The minimum atomic E-state index is -1.99. The maximum absolute atomic E-state index is 15.1. The van der Waals surface area contributed by atoms with Crippen molar-refractivity contribution in [1.82, 2.24) is 9.55 Å². The van der Waals surface area contributed by atoms with Gasteiger partial charge >= 0.3 is 19.7 Å². The quantitative estimate of drug-likeness (QED) is 0.409. The van der Waals surface area contributed by atoms with E-state index in [0.29, 0.717) is 0 Å². The molecule has 0 aromatic carbocycles. The van der Waals surface area contributed by atoms with Crippen molar-refractivity contribution in [2.24, 2.45) is 0 Å². The lowest BCUT2D eigenvalue weighted by molar-refractivity contribution is -0.154. The van der Waals surface area contributed by atoms with E-state index in [2.05, 4.69) is 4.98 Å². The number of H-pyrrole nitrogens is 1. The van der Waals surface area contributed by atoms with Crippen molar-refractivity contribution in [3.05, 3.63) is 32.6 Å². The molecule has 162 valence electrons. The molecule has 0 bridgehead atoms. The number of aliphatic hydroxyl groups is 1. The first kappa shape index (κ1) is 23.3. The van der Waals surface area contributed by atoms with Gasteiger partial charge in [0.25, 0.3) is 5.56 Å². The highest BCUT2D eigenvalue weighted by molar-refractivity contribution is 7.39. The minimum absolute atomic E-state index is 0.0531. The number of nitrogens with one attached hydrogen (secondary N) is 1. The molecule has 5 atom stereocenters. The van der Waals surface area contributed by atoms with Crippen molar-refractivity contribution in [2.75, 3.05) is 19.4 Å². The molecule has 1 aromatic rings. The van der Waals surface area contributed by atoms with Gasteiger partial charge in [-0.1, -0.05) is 0 Å². The zero-order valence-electron chi connectivity index (χ0n) is 16.2. The summed E-state index contributed by atoms with van der Waals surface area (Å²) in [4.78, 5) is 37.7. The first-order chi connectivity index (χ1) is 13.8. The molecule has 0 radical (unpaired) electrons. The average molecular weight is 435 g/mol. The van der Waals surface area contributed by atoms with E-state index in [1.165, 1.54) is 13.1 Å². The van der Waals surface area contributed by atoms with E-state index in [9.17, 15) is 18.9 Å². The number of hydrogen-bond donors (Lipinski definition) is 2. The van der Waals surface area contributed by atoms with Crippen molar-refractivity contribution < 1.29 is 32.9 Å². The monoisotopic (exact) mass is 435 g/mol. The summed E-state index contributed by atoms with van der Waals surface area (Å²) >= 11 is 0. The van der Waals surface area contributed by atoms with Crippen LogP contribution in [0.5, 0.6) is 0 Å². The van der Waals surface area contributed by atoms with E-state index in [-0.39, 0.29) is 44.2 Å². The molecule has 2 heterocycles. The van der Waals surface area contributed by atoms with Gasteiger partial charge in [-0.05, 0) is 24.8 Å². The number of aromatic amines is 1. The fourth-order valence-electron chi connectivity index (χ4n) is 2.94. The van der Waals surface area contributed by atoms with Crippen LogP contribution in [0.2, 0.25) is 0 Å². The Morgan fingerprint density at radius 3 is 2.83 bits per heavy atom. The molecule has 10 nitrogen and oxygen atoms in total. The van der Waals surface area contributed by atoms with Crippen LogP contribution in [0.1, 0.15) is 38.0 Å². The SMILES string of the molecule is CCO[P+](=O)CCC1O[C@H](n2cc(C)c(=O)[nH]c2=O)[C@H](F)[C@@H]1OC(=O)CCCO. The smallest absolute Gasteiger partial charge is 0.456 e. The largest absolute Gasteiger partial charge is 0.508 e. The number of aliphatic hydroxyl groups excluding tert-OH is 1. The third kappa shape index (κ3) is 6.02. The number of esters is 1. The third-order valence-corrected chi connectivity index (χ3v) is 5.53. The molecule has 29 heavy (non-hydrogen) atoms. The van der Waals surface area contributed by atoms with Gasteiger partial charge in [-0.15, -0.1) is 4.52 Å². The predicted octanol–water partition coefficient (Wildman–Crippen LogP) is 0.934. The Hall–Kier alpha value is -1.94. The van der Waals surface area contributed by atoms with E-state index in [0.717, 1.165) is 4.57 Å². The van der Waals surface area contributed by atoms with E-state index in [1.807, 2.05) is 0 Å². The van der Waals surface area contributed by atoms with Gasteiger partial charge in [0, 0.05) is 31.2 Å². The lowest BCUT2D eigenvalue weighted by Gasteiger charge is -2.18. The number of alkyl halides is 1. The number of ether oxygens (including phenoxy) is 2. The summed E-state index contributed by atoms with van der Waals surface area (Å²) in [7, 11) is -1.99. The molecule has 0 aliphatic carbocycles. The van der Waals surface area contributed by atoms with Crippen LogP contribution < -0.4 is 11.2 Å². The number of rotatable bonds is 10. The van der Waals surface area contributed by atoms with Crippen molar-refractivity contribution >= 4 is 14.0 Å². The average Bonchev–Trinajstić information content (AvgIpc) is 2.97. The summed E-state index contributed by atoms with van der Waals surface area (Å²) in [5, 5.41) is 8.83. The molecule has 1 fully saturated rings. The minimum Gasteiger partial charge on any atom is -0.456 e. The summed E-state index contributed by atoms with van der Waals surface area (Å²) in [6.07, 6.45) is -4.28. The number of halogens is 1. The van der Waals surface area contributed by atoms with Crippen LogP contribution >= 0.6 is 8.03 Å². The standard InChI is InChI=1S/C17H24FN2O8P/c1-3-26-29(25)8-6-11-14(28-12(22)5-4-7-21)13(18)16(27-11)20-9-10(2)15(23)19-17(20)24/h9,11,13-14,16,21H,3-8H2,1-2H3/p+1/t11?,13-,14-,16+/m1/s1. The van der Waals surface area contributed by atoms with E-state index in [1.54, 1.807) is 6.92 Å². The van der Waals surface area contributed by atoms with Gasteiger partial charge in [-0.25, -0.2) is 9.18 Å². The van der Waals surface area contributed by atoms with Gasteiger partial charge < -0.3 is 14.6 Å². The molecule has 2 N–H and O–H groups in total. The van der Waals surface area contributed by atoms with Crippen LogP contribution in [0.4, 0.5) is 4.39 Å². The van der Waals surface area contributed by atoms with Crippen LogP contribution in [-0.4, -0.2) is 58.4 Å². The summed E-state index contributed by atoms with van der Waals surface area (Å²) < 4.78 is 43.7. The third-order valence-electron chi connectivity index (χ3n) is 4.36.